The Hall–Kier alpha value is -2.54. The minimum Gasteiger partial charge on any atom is -0.497 e. The maximum atomic E-state index is 12.0. The van der Waals surface area contributed by atoms with Crippen molar-refractivity contribution in [2.24, 2.45) is 0 Å². The van der Waals surface area contributed by atoms with Crippen LogP contribution in [0.25, 0.3) is 0 Å². The molecule has 0 radical (unpaired) electrons. The third kappa shape index (κ3) is 4.46. The van der Waals surface area contributed by atoms with Crippen LogP contribution < -0.4 is 20.1 Å². The van der Waals surface area contributed by atoms with Crippen LogP contribution in [0, 0.1) is 0 Å². The van der Waals surface area contributed by atoms with E-state index in [2.05, 4.69) is 15.6 Å². The molecule has 2 N–H and O–H groups in total. The number of ether oxygens (including phenoxy) is 2. The topological polar surface area (TPSA) is 85.6 Å². The molecule has 7 nitrogen and oxygen atoms in total. The van der Waals surface area contributed by atoms with Gasteiger partial charge in [-0.1, -0.05) is 0 Å². The van der Waals surface area contributed by atoms with E-state index in [0.29, 0.717) is 25.4 Å². The molecule has 0 atom stereocenters. The normalized spacial score (nSPS) is 10.4. The number of carbonyl (C=O) groups excluding carboxylic acids is 1. The molecule has 0 bridgehead atoms. The summed E-state index contributed by atoms with van der Waals surface area (Å²) in [5.74, 6) is 1.73. The number of amides is 1. The van der Waals surface area contributed by atoms with Crippen molar-refractivity contribution < 1.29 is 18.7 Å². The molecule has 0 aliphatic heterocycles. The quantitative estimate of drug-likeness (QED) is 0.764. The first kappa shape index (κ1) is 16.8. The van der Waals surface area contributed by atoms with Gasteiger partial charge in [0.1, 0.15) is 17.8 Å². The molecule has 23 heavy (non-hydrogen) atoms. The molecular formula is C16H21N3O4. The van der Waals surface area contributed by atoms with E-state index in [4.69, 9.17) is 13.9 Å². The van der Waals surface area contributed by atoms with Gasteiger partial charge in [-0.05, 0) is 37.2 Å². The highest BCUT2D eigenvalue weighted by Crippen LogP contribution is 2.24. The summed E-state index contributed by atoms with van der Waals surface area (Å²) in [5, 5.41) is 5.72. The van der Waals surface area contributed by atoms with Crippen LogP contribution in [0.1, 0.15) is 21.9 Å². The van der Waals surface area contributed by atoms with Crippen molar-refractivity contribution in [2.45, 2.75) is 13.0 Å². The Morgan fingerprint density at radius 3 is 2.83 bits per heavy atom. The summed E-state index contributed by atoms with van der Waals surface area (Å²) in [6.07, 6.45) is 1.97. The number of hydrogen-bond donors (Lipinski definition) is 2. The summed E-state index contributed by atoms with van der Waals surface area (Å²) in [4.78, 5) is 16.1. The van der Waals surface area contributed by atoms with Crippen LogP contribution in [0.5, 0.6) is 11.5 Å². The van der Waals surface area contributed by atoms with E-state index in [-0.39, 0.29) is 11.6 Å². The van der Waals surface area contributed by atoms with Gasteiger partial charge in [-0.3, -0.25) is 4.79 Å². The van der Waals surface area contributed by atoms with E-state index in [0.717, 1.165) is 17.1 Å². The summed E-state index contributed by atoms with van der Waals surface area (Å²) in [5.41, 5.74) is 1.23. The average molecular weight is 319 g/mol. The summed E-state index contributed by atoms with van der Waals surface area (Å²) in [7, 11) is 5.01. The molecule has 1 aromatic carbocycles. The fraction of sp³-hybridized carbons (Fsp3) is 0.375. The molecule has 0 spiro atoms. The maximum Gasteiger partial charge on any atom is 0.273 e. The molecule has 0 fully saturated rings. The molecule has 2 aromatic rings. The first-order chi connectivity index (χ1) is 11.2. The summed E-state index contributed by atoms with van der Waals surface area (Å²) >= 11 is 0. The fourth-order valence-electron chi connectivity index (χ4n) is 2.13. The fourth-order valence-corrected chi connectivity index (χ4v) is 2.13. The highest BCUT2D eigenvalue weighted by atomic mass is 16.5. The van der Waals surface area contributed by atoms with Crippen LogP contribution in [0.2, 0.25) is 0 Å². The molecule has 0 unspecified atom stereocenters. The van der Waals surface area contributed by atoms with Crippen LogP contribution in [-0.2, 0) is 13.0 Å². The van der Waals surface area contributed by atoms with E-state index < -0.39 is 0 Å². The van der Waals surface area contributed by atoms with E-state index in [1.807, 2.05) is 18.2 Å². The number of methoxy groups -OCH3 is 2. The van der Waals surface area contributed by atoms with Gasteiger partial charge in [0.15, 0.2) is 5.69 Å². The number of nitrogens with zero attached hydrogens (tertiary/aromatic N) is 1. The monoisotopic (exact) mass is 319 g/mol. The summed E-state index contributed by atoms with van der Waals surface area (Å²) < 4.78 is 15.7. The van der Waals surface area contributed by atoms with Gasteiger partial charge in [-0.2, -0.15) is 0 Å². The molecule has 1 aromatic heterocycles. The van der Waals surface area contributed by atoms with Crippen molar-refractivity contribution in [3.63, 3.8) is 0 Å². The van der Waals surface area contributed by atoms with Crippen LogP contribution >= 0.6 is 0 Å². The smallest absolute Gasteiger partial charge is 0.273 e. The second kappa shape index (κ2) is 8.19. The predicted molar refractivity (Wildman–Crippen MR) is 84.8 cm³/mol. The zero-order valence-electron chi connectivity index (χ0n) is 13.5. The van der Waals surface area contributed by atoms with Crippen LogP contribution in [0.4, 0.5) is 0 Å². The van der Waals surface area contributed by atoms with Gasteiger partial charge in [0, 0.05) is 6.54 Å². The molecule has 124 valence electrons. The van der Waals surface area contributed by atoms with E-state index in [1.54, 1.807) is 21.3 Å². The van der Waals surface area contributed by atoms with Crippen LogP contribution in [0.3, 0.4) is 0 Å². The zero-order chi connectivity index (χ0) is 16.7. The molecule has 0 aliphatic rings. The molecule has 7 heteroatoms. The van der Waals surface area contributed by atoms with Crippen molar-refractivity contribution in [1.29, 1.82) is 0 Å². The van der Waals surface area contributed by atoms with Gasteiger partial charge in [-0.15, -0.1) is 0 Å². The average Bonchev–Trinajstić information content (AvgIpc) is 3.03. The highest BCUT2D eigenvalue weighted by Gasteiger charge is 2.12. The lowest BCUT2D eigenvalue weighted by Gasteiger charge is -2.10. The molecule has 1 amide bonds. The van der Waals surface area contributed by atoms with E-state index >= 15 is 0 Å². The number of aromatic nitrogens is 1. The number of carbonyl (C=O) groups is 1. The predicted octanol–water partition coefficient (Wildman–Crippen LogP) is 1.38. The molecule has 0 saturated carbocycles. The van der Waals surface area contributed by atoms with E-state index in [1.165, 1.54) is 6.26 Å². The number of hydrogen-bond acceptors (Lipinski definition) is 6. The number of rotatable bonds is 8. The van der Waals surface area contributed by atoms with Crippen molar-refractivity contribution in [3.8, 4) is 11.5 Å². The summed E-state index contributed by atoms with van der Waals surface area (Å²) in [6.45, 7) is 0.935. The van der Waals surface area contributed by atoms with Gasteiger partial charge in [0.05, 0.1) is 20.8 Å². The number of oxazole rings is 1. The lowest BCUT2D eigenvalue weighted by molar-refractivity contribution is 0.0949. The Morgan fingerprint density at radius 1 is 1.30 bits per heavy atom. The van der Waals surface area contributed by atoms with Gasteiger partial charge in [-0.25, -0.2) is 4.98 Å². The number of benzene rings is 1. The van der Waals surface area contributed by atoms with Gasteiger partial charge in [0.2, 0.25) is 5.89 Å². The molecule has 2 rings (SSSR count). The first-order valence-electron chi connectivity index (χ1n) is 7.26. The minimum absolute atomic E-state index is 0.266. The Balaban J connectivity index is 1.92. The lowest BCUT2D eigenvalue weighted by atomic mass is 10.1. The zero-order valence-corrected chi connectivity index (χ0v) is 13.5. The van der Waals surface area contributed by atoms with Crippen molar-refractivity contribution in [3.05, 3.63) is 41.6 Å². The second-order valence-electron chi connectivity index (χ2n) is 4.84. The molecule has 0 aliphatic carbocycles. The van der Waals surface area contributed by atoms with Crippen molar-refractivity contribution >= 4 is 5.91 Å². The van der Waals surface area contributed by atoms with Crippen molar-refractivity contribution in [1.82, 2.24) is 15.6 Å². The third-order valence-electron chi connectivity index (χ3n) is 3.28. The second-order valence-corrected chi connectivity index (χ2v) is 4.84. The Morgan fingerprint density at radius 2 is 2.13 bits per heavy atom. The van der Waals surface area contributed by atoms with E-state index in [9.17, 15) is 4.79 Å². The van der Waals surface area contributed by atoms with Gasteiger partial charge in [0.25, 0.3) is 5.91 Å². The Labute approximate surface area is 135 Å². The minimum atomic E-state index is -0.266. The maximum absolute atomic E-state index is 12.0. The van der Waals surface area contributed by atoms with Crippen LogP contribution in [-0.4, -0.2) is 38.7 Å². The molecular weight excluding hydrogens is 298 g/mol. The highest BCUT2D eigenvalue weighted by molar-refractivity contribution is 5.91. The summed E-state index contributed by atoms with van der Waals surface area (Å²) in [6, 6.07) is 5.57. The number of nitrogens with one attached hydrogen (secondary N) is 2. The SMILES string of the molecule is CNCc1nc(C(=O)NCCc2cc(OC)ccc2OC)co1. The third-order valence-corrected chi connectivity index (χ3v) is 3.28. The van der Waals surface area contributed by atoms with Gasteiger partial charge >= 0.3 is 0 Å². The van der Waals surface area contributed by atoms with Gasteiger partial charge < -0.3 is 24.5 Å². The molecule has 0 saturated heterocycles. The largest absolute Gasteiger partial charge is 0.497 e. The lowest BCUT2D eigenvalue weighted by Crippen LogP contribution is -2.26. The molecule has 1 heterocycles. The standard InChI is InChI=1S/C16H21N3O4/c1-17-9-15-19-13(10-23-15)16(20)18-7-6-11-8-12(21-2)4-5-14(11)22-3/h4-5,8,10,17H,6-7,9H2,1-3H3,(H,18,20). The first-order valence-corrected chi connectivity index (χ1v) is 7.26. The van der Waals surface area contributed by atoms with Crippen LogP contribution in [0.15, 0.2) is 28.9 Å². The van der Waals surface area contributed by atoms with Crippen molar-refractivity contribution in [2.75, 3.05) is 27.8 Å². The Bertz CT molecular complexity index is 655. The Kier molecular flexibility index (Phi) is 5.99.